The molecule has 0 saturated heterocycles. The highest BCUT2D eigenvalue weighted by molar-refractivity contribution is 5.89. The fourth-order valence-corrected chi connectivity index (χ4v) is 1.43. The van der Waals surface area contributed by atoms with Crippen LogP contribution in [0.1, 0.15) is 17.5 Å². The monoisotopic (exact) mass is 288 g/mol. The first-order chi connectivity index (χ1) is 9.97. The van der Waals surface area contributed by atoms with Crippen molar-refractivity contribution in [2.45, 2.75) is 12.5 Å². The van der Waals surface area contributed by atoms with Crippen LogP contribution in [0.5, 0.6) is 0 Å². The Hall–Kier alpha value is -3.10. The van der Waals surface area contributed by atoms with E-state index in [1.165, 1.54) is 18.2 Å². The zero-order chi connectivity index (χ0) is 15.8. The molecule has 8 nitrogen and oxygen atoms in total. The number of hydrogen-bond donors (Lipinski definition) is 4. The molecular weight excluding hydrogens is 276 g/mol. The van der Waals surface area contributed by atoms with E-state index in [0.29, 0.717) is 5.69 Å². The Kier molecular flexibility index (Phi) is 5.68. The Morgan fingerprint density at radius 1 is 1.24 bits per heavy atom. The minimum atomic E-state index is -1.54. The second kappa shape index (κ2) is 7.48. The Morgan fingerprint density at radius 3 is 2.48 bits per heavy atom. The molecule has 0 aliphatic rings. The van der Waals surface area contributed by atoms with Crippen molar-refractivity contribution in [1.29, 1.82) is 10.5 Å². The van der Waals surface area contributed by atoms with Crippen LogP contribution in [-0.2, 0) is 4.79 Å². The van der Waals surface area contributed by atoms with E-state index in [0.717, 1.165) is 0 Å². The largest absolute Gasteiger partial charge is 0.479 e. The average Bonchev–Trinajstić information content (AvgIpc) is 2.46. The molecule has 4 N–H and O–H groups in total. The Bertz CT molecular complexity index is 630. The second-order valence-electron chi connectivity index (χ2n) is 4.01. The van der Waals surface area contributed by atoms with Gasteiger partial charge in [0, 0.05) is 18.7 Å². The number of carbonyl (C=O) groups is 2. The van der Waals surface area contributed by atoms with Crippen molar-refractivity contribution >= 4 is 17.7 Å². The lowest BCUT2D eigenvalue weighted by Crippen LogP contribution is -2.33. The molecule has 1 rings (SSSR count). The second-order valence-corrected chi connectivity index (χ2v) is 4.01. The molecular formula is C13H12N4O4. The van der Waals surface area contributed by atoms with Crippen molar-refractivity contribution in [3.8, 4) is 12.1 Å². The number of carbonyl (C=O) groups excluding carboxylic acids is 1. The van der Waals surface area contributed by atoms with Crippen LogP contribution in [0.15, 0.2) is 18.2 Å². The van der Waals surface area contributed by atoms with Gasteiger partial charge >= 0.3 is 12.0 Å². The fraction of sp³-hybridized carbons (Fsp3) is 0.231. The van der Waals surface area contributed by atoms with Crippen LogP contribution < -0.4 is 10.6 Å². The van der Waals surface area contributed by atoms with Gasteiger partial charge in [-0.25, -0.2) is 9.59 Å². The number of hydrogen-bond acceptors (Lipinski definition) is 5. The van der Waals surface area contributed by atoms with Crippen molar-refractivity contribution in [3.05, 3.63) is 29.3 Å². The van der Waals surface area contributed by atoms with E-state index in [1.54, 1.807) is 0 Å². The molecule has 2 amide bonds. The van der Waals surface area contributed by atoms with Gasteiger partial charge in [0.05, 0.1) is 11.1 Å². The first-order valence-electron chi connectivity index (χ1n) is 5.88. The lowest BCUT2D eigenvalue weighted by Gasteiger charge is -2.09. The maximum atomic E-state index is 11.5. The zero-order valence-corrected chi connectivity index (χ0v) is 10.8. The summed E-state index contributed by atoms with van der Waals surface area (Å²) >= 11 is 0. The van der Waals surface area contributed by atoms with Crippen molar-refractivity contribution in [3.63, 3.8) is 0 Å². The number of aliphatic hydroxyl groups is 1. The molecule has 0 heterocycles. The Balaban J connectivity index is 2.54. The smallest absolute Gasteiger partial charge is 0.332 e. The van der Waals surface area contributed by atoms with Gasteiger partial charge in [0.25, 0.3) is 0 Å². The predicted octanol–water partition coefficient (Wildman–Crippen LogP) is 0.387. The van der Waals surface area contributed by atoms with Gasteiger partial charge in [-0.3, -0.25) is 0 Å². The summed E-state index contributed by atoms with van der Waals surface area (Å²) in [6.45, 7) is -0.0271. The first-order valence-corrected chi connectivity index (χ1v) is 5.88. The lowest BCUT2D eigenvalue weighted by atomic mass is 10.1. The maximum Gasteiger partial charge on any atom is 0.332 e. The number of carboxylic acid groups (broad SMARTS) is 1. The van der Waals surface area contributed by atoms with E-state index in [9.17, 15) is 9.59 Å². The van der Waals surface area contributed by atoms with E-state index in [1.807, 2.05) is 12.1 Å². The van der Waals surface area contributed by atoms with E-state index >= 15 is 0 Å². The number of amides is 2. The van der Waals surface area contributed by atoms with Crippen LogP contribution in [-0.4, -0.2) is 34.9 Å². The molecule has 1 atom stereocenters. The molecule has 0 saturated carbocycles. The van der Waals surface area contributed by atoms with Gasteiger partial charge in [-0.15, -0.1) is 0 Å². The summed E-state index contributed by atoms with van der Waals surface area (Å²) in [5, 5.41) is 39.9. The van der Waals surface area contributed by atoms with Gasteiger partial charge < -0.3 is 20.8 Å². The minimum Gasteiger partial charge on any atom is -0.479 e. The summed E-state index contributed by atoms with van der Waals surface area (Å²) in [5.74, 6) is -1.36. The van der Waals surface area contributed by atoms with E-state index < -0.39 is 18.1 Å². The van der Waals surface area contributed by atoms with Crippen LogP contribution in [0.2, 0.25) is 0 Å². The molecule has 1 unspecified atom stereocenters. The van der Waals surface area contributed by atoms with Crippen LogP contribution in [0.25, 0.3) is 0 Å². The van der Waals surface area contributed by atoms with E-state index in [2.05, 4.69) is 10.6 Å². The Labute approximate surface area is 120 Å². The van der Waals surface area contributed by atoms with E-state index in [-0.39, 0.29) is 24.1 Å². The summed E-state index contributed by atoms with van der Waals surface area (Å²) in [4.78, 5) is 21.9. The van der Waals surface area contributed by atoms with Crippen molar-refractivity contribution in [2.75, 3.05) is 11.9 Å². The summed E-state index contributed by atoms with van der Waals surface area (Å²) in [7, 11) is 0. The summed E-state index contributed by atoms with van der Waals surface area (Å²) < 4.78 is 0. The number of aliphatic carboxylic acids is 1. The summed E-state index contributed by atoms with van der Waals surface area (Å²) in [6, 6.07) is 7.30. The number of anilines is 1. The highest BCUT2D eigenvalue weighted by Gasteiger charge is 2.13. The number of nitrogens with one attached hydrogen (secondary N) is 2. The van der Waals surface area contributed by atoms with E-state index in [4.69, 9.17) is 20.7 Å². The molecule has 0 aliphatic carbocycles. The molecule has 8 heteroatoms. The summed E-state index contributed by atoms with van der Waals surface area (Å²) in [6.07, 6.45) is -1.66. The minimum absolute atomic E-state index is 0.0271. The first kappa shape index (κ1) is 16.0. The molecule has 108 valence electrons. The lowest BCUT2D eigenvalue weighted by molar-refractivity contribution is -0.146. The topological polar surface area (TPSA) is 146 Å². The highest BCUT2D eigenvalue weighted by atomic mass is 16.4. The third kappa shape index (κ3) is 4.82. The van der Waals surface area contributed by atoms with Crippen LogP contribution in [0.3, 0.4) is 0 Å². The molecule has 0 spiro atoms. The van der Waals surface area contributed by atoms with Gasteiger partial charge in [0.1, 0.15) is 12.1 Å². The molecule has 0 aliphatic heterocycles. The maximum absolute atomic E-state index is 11.5. The number of benzene rings is 1. The van der Waals surface area contributed by atoms with Crippen LogP contribution >= 0.6 is 0 Å². The van der Waals surface area contributed by atoms with Gasteiger partial charge in [-0.2, -0.15) is 10.5 Å². The van der Waals surface area contributed by atoms with Crippen molar-refractivity contribution < 1.29 is 19.8 Å². The molecule has 0 aromatic heterocycles. The molecule has 1 aromatic carbocycles. The van der Waals surface area contributed by atoms with Crippen molar-refractivity contribution in [2.24, 2.45) is 0 Å². The van der Waals surface area contributed by atoms with Gasteiger partial charge in [-0.05, 0) is 18.2 Å². The normalized spacial score (nSPS) is 10.8. The highest BCUT2D eigenvalue weighted by Crippen LogP contribution is 2.14. The van der Waals surface area contributed by atoms with Gasteiger partial charge in [0.15, 0.2) is 6.10 Å². The average molecular weight is 288 g/mol. The molecule has 1 aromatic rings. The Morgan fingerprint density at radius 2 is 1.90 bits per heavy atom. The number of nitriles is 2. The van der Waals surface area contributed by atoms with Crippen LogP contribution in [0.4, 0.5) is 10.5 Å². The van der Waals surface area contributed by atoms with Gasteiger partial charge in [-0.1, -0.05) is 0 Å². The predicted molar refractivity (Wildman–Crippen MR) is 71.2 cm³/mol. The van der Waals surface area contributed by atoms with Crippen LogP contribution in [0, 0.1) is 22.7 Å². The van der Waals surface area contributed by atoms with Crippen molar-refractivity contribution in [1.82, 2.24) is 5.32 Å². The number of carboxylic acids is 1. The quantitative estimate of drug-likeness (QED) is 0.616. The molecule has 0 fully saturated rings. The zero-order valence-electron chi connectivity index (χ0n) is 10.8. The standard InChI is InChI=1S/C13H12N4O4/c14-6-8-1-2-10(5-9(8)7-15)17-13(21)16-4-3-11(18)12(19)20/h1-2,5,11,18H,3-4H2,(H,19,20)(H2,16,17,21). The SMILES string of the molecule is N#Cc1ccc(NC(=O)NCCC(O)C(=O)O)cc1C#N. The fourth-order valence-electron chi connectivity index (χ4n) is 1.43. The van der Waals surface area contributed by atoms with Gasteiger partial charge in [0.2, 0.25) is 0 Å². The number of aliphatic hydroxyl groups excluding tert-OH is 1. The summed E-state index contributed by atoms with van der Waals surface area (Å²) in [5.41, 5.74) is 0.659. The third-order valence-corrected chi connectivity index (χ3v) is 2.51. The number of rotatable bonds is 5. The number of nitrogens with zero attached hydrogens (tertiary/aromatic N) is 2. The molecule has 21 heavy (non-hydrogen) atoms. The molecule has 0 radical (unpaired) electrons. The third-order valence-electron chi connectivity index (χ3n) is 2.51. The molecule has 0 bridgehead atoms. The number of urea groups is 1.